The van der Waals surface area contributed by atoms with E-state index in [0.29, 0.717) is 0 Å². The summed E-state index contributed by atoms with van der Waals surface area (Å²) < 4.78 is 0. The smallest absolute Gasteiger partial charge is 0.0203 e. The molecular weight excluding hydrogens is 324 g/mol. The zero-order valence-electron chi connectivity index (χ0n) is 19.0. The standard InChI is InChI=1S/C11H18.C9H12.C7H16/c1-8(2)11-6-9-3-4-10(5-9)7-11;1-3-9-6-4-5-8(2)7-9;1-3-5-7-6-4-2/h9-11H,1,3-7H2,2H3;4-7H,3H2,1-2H3;3-7H2,1-2H3. The molecule has 0 spiro atoms. The fraction of sp³-hybridized carbons (Fsp3) is 0.704. The van der Waals surface area contributed by atoms with Crippen molar-refractivity contribution in [1.29, 1.82) is 0 Å². The minimum absolute atomic E-state index is 0.876. The molecule has 0 aliphatic heterocycles. The molecule has 27 heavy (non-hydrogen) atoms. The molecule has 0 heteroatoms. The second-order valence-corrected chi connectivity index (χ2v) is 8.96. The second-order valence-electron chi connectivity index (χ2n) is 8.96. The van der Waals surface area contributed by atoms with E-state index in [9.17, 15) is 0 Å². The van der Waals surface area contributed by atoms with Gasteiger partial charge in [-0.25, -0.2) is 0 Å². The number of benzene rings is 1. The van der Waals surface area contributed by atoms with Crippen LogP contribution >= 0.6 is 0 Å². The number of hydrogen-bond donors (Lipinski definition) is 0. The zero-order chi connectivity index (χ0) is 20.1. The van der Waals surface area contributed by atoms with Crippen molar-refractivity contribution in [3.05, 3.63) is 47.5 Å². The highest BCUT2D eigenvalue weighted by Gasteiger charge is 2.33. The van der Waals surface area contributed by atoms with Crippen LogP contribution < -0.4 is 0 Å². The van der Waals surface area contributed by atoms with E-state index in [2.05, 4.69) is 65.5 Å². The van der Waals surface area contributed by atoms with Crippen molar-refractivity contribution >= 4 is 0 Å². The van der Waals surface area contributed by atoms with Crippen molar-refractivity contribution in [3.63, 3.8) is 0 Å². The molecule has 0 saturated heterocycles. The summed E-state index contributed by atoms with van der Waals surface area (Å²) in [6.07, 6.45) is 15.6. The van der Waals surface area contributed by atoms with Gasteiger partial charge in [-0.2, -0.15) is 0 Å². The number of rotatable bonds is 6. The molecule has 2 atom stereocenters. The Kier molecular flexibility index (Phi) is 12.5. The molecule has 0 nitrogen and oxygen atoms in total. The fourth-order valence-corrected chi connectivity index (χ4v) is 4.52. The Morgan fingerprint density at radius 2 is 1.52 bits per heavy atom. The molecule has 2 saturated carbocycles. The van der Waals surface area contributed by atoms with Crippen LogP contribution in [0.1, 0.15) is 103 Å². The topological polar surface area (TPSA) is 0 Å². The van der Waals surface area contributed by atoms with Crippen LogP contribution in [0.3, 0.4) is 0 Å². The van der Waals surface area contributed by atoms with E-state index in [-0.39, 0.29) is 0 Å². The van der Waals surface area contributed by atoms with Gasteiger partial charge >= 0.3 is 0 Å². The Morgan fingerprint density at radius 3 is 1.93 bits per heavy atom. The lowest BCUT2D eigenvalue weighted by atomic mass is 9.78. The van der Waals surface area contributed by atoms with Crippen LogP contribution in [0, 0.1) is 24.7 Å². The van der Waals surface area contributed by atoms with Crippen LogP contribution in [-0.4, -0.2) is 0 Å². The number of hydrogen-bond acceptors (Lipinski definition) is 0. The fourth-order valence-electron chi connectivity index (χ4n) is 4.52. The summed E-state index contributed by atoms with van der Waals surface area (Å²) >= 11 is 0. The van der Waals surface area contributed by atoms with Crippen LogP contribution in [-0.2, 0) is 6.42 Å². The molecule has 0 amide bonds. The lowest BCUT2D eigenvalue weighted by Crippen LogP contribution is -2.16. The van der Waals surface area contributed by atoms with Crippen LogP contribution in [0.25, 0.3) is 0 Å². The van der Waals surface area contributed by atoms with Gasteiger partial charge in [0.25, 0.3) is 0 Å². The first-order valence-electron chi connectivity index (χ1n) is 11.7. The van der Waals surface area contributed by atoms with Crippen LogP contribution in [0.15, 0.2) is 36.4 Å². The first-order chi connectivity index (χ1) is 13.0. The van der Waals surface area contributed by atoms with Gasteiger partial charge in [0.2, 0.25) is 0 Å². The highest BCUT2D eigenvalue weighted by Crippen LogP contribution is 2.46. The Morgan fingerprint density at radius 1 is 0.926 bits per heavy atom. The molecule has 1 aromatic rings. The third-order valence-corrected chi connectivity index (χ3v) is 6.28. The summed E-state index contributed by atoms with van der Waals surface area (Å²) in [4.78, 5) is 0. The van der Waals surface area contributed by atoms with Gasteiger partial charge in [0.1, 0.15) is 0 Å². The first-order valence-corrected chi connectivity index (χ1v) is 11.7. The van der Waals surface area contributed by atoms with E-state index < -0.39 is 0 Å². The van der Waals surface area contributed by atoms with Crippen LogP contribution in [0.2, 0.25) is 0 Å². The van der Waals surface area contributed by atoms with Crippen molar-refractivity contribution < 1.29 is 0 Å². The van der Waals surface area contributed by atoms with Gasteiger partial charge in [0, 0.05) is 0 Å². The number of fused-ring (bicyclic) bond motifs is 2. The van der Waals surface area contributed by atoms with Gasteiger partial charge in [0.15, 0.2) is 0 Å². The Balaban J connectivity index is 0.000000209. The summed E-state index contributed by atoms with van der Waals surface area (Å²) in [5, 5.41) is 0. The van der Waals surface area contributed by atoms with Crippen LogP contribution in [0.4, 0.5) is 0 Å². The second kappa shape index (κ2) is 14.0. The molecule has 2 unspecified atom stereocenters. The van der Waals surface area contributed by atoms with Gasteiger partial charge in [0.05, 0.1) is 0 Å². The SMILES string of the molecule is C=C(C)C1CC2CCC(C2)C1.CCCCCCC.CCc1cccc(C)c1. The van der Waals surface area contributed by atoms with Gasteiger partial charge in [-0.05, 0) is 62.8 Å². The number of allylic oxidation sites excluding steroid dienone is 1. The highest BCUT2D eigenvalue weighted by molar-refractivity contribution is 5.21. The van der Waals surface area contributed by atoms with E-state index >= 15 is 0 Å². The van der Waals surface area contributed by atoms with E-state index in [1.165, 1.54) is 80.9 Å². The molecular formula is C27H46. The molecule has 0 aromatic heterocycles. The molecule has 2 aliphatic carbocycles. The lowest BCUT2D eigenvalue weighted by Gasteiger charge is -2.27. The average Bonchev–Trinajstić information content (AvgIpc) is 3.01. The van der Waals surface area contributed by atoms with E-state index in [4.69, 9.17) is 0 Å². The third-order valence-electron chi connectivity index (χ3n) is 6.28. The molecule has 2 aliphatic rings. The monoisotopic (exact) mass is 370 g/mol. The summed E-state index contributed by atoms with van der Waals surface area (Å²) in [5.41, 5.74) is 4.21. The van der Waals surface area contributed by atoms with E-state index in [0.717, 1.165) is 24.2 Å². The van der Waals surface area contributed by atoms with Crippen molar-refractivity contribution in [2.45, 2.75) is 105 Å². The third kappa shape index (κ3) is 10.2. The van der Waals surface area contributed by atoms with Crippen LogP contribution in [0.5, 0.6) is 0 Å². The van der Waals surface area contributed by atoms with Crippen molar-refractivity contribution in [2.75, 3.05) is 0 Å². The molecule has 154 valence electrons. The summed E-state index contributed by atoms with van der Waals surface area (Å²) in [6.45, 7) is 15.1. The van der Waals surface area contributed by atoms with Gasteiger partial charge in [-0.3, -0.25) is 0 Å². The number of unbranched alkanes of at least 4 members (excludes halogenated alkanes) is 4. The van der Waals surface area contributed by atoms with Crippen molar-refractivity contribution in [3.8, 4) is 0 Å². The minimum Gasteiger partial charge on any atom is -0.0999 e. The predicted molar refractivity (Wildman–Crippen MR) is 123 cm³/mol. The predicted octanol–water partition coefficient (Wildman–Crippen LogP) is 8.92. The normalized spacial score (nSPS) is 22.9. The first kappa shape index (κ1) is 24.0. The molecule has 0 N–H and O–H groups in total. The van der Waals surface area contributed by atoms with Gasteiger partial charge in [-0.1, -0.05) is 108 Å². The van der Waals surface area contributed by atoms with Crippen molar-refractivity contribution in [2.24, 2.45) is 17.8 Å². The summed E-state index contributed by atoms with van der Waals surface area (Å²) in [5.74, 6) is 3.01. The lowest BCUT2D eigenvalue weighted by molar-refractivity contribution is 0.291. The number of aryl methyl sites for hydroxylation is 2. The van der Waals surface area contributed by atoms with Gasteiger partial charge < -0.3 is 0 Å². The maximum atomic E-state index is 4.08. The zero-order valence-corrected chi connectivity index (χ0v) is 19.0. The largest absolute Gasteiger partial charge is 0.0999 e. The Bertz CT molecular complexity index is 497. The Hall–Kier alpha value is -1.04. The quantitative estimate of drug-likeness (QED) is 0.346. The Labute approximate surface area is 170 Å². The average molecular weight is 371 g/mol. The maximum Gasteiger partial charge on any atom is -0.0203 e. The summed E-state index contributed by atoms with van der Waals surface area (Å²) in [6, 6.07) is 8.61. The van der Waals surface area contributed by atoms with Crippen molar-refractivity contribution in [1.82, 2.24) is 0 Å². The van der Waals surface area contributed by atoms with E-state index in [1.54, 1.807) is 0 Å². The molecule has 1 aromatic carbocycles. The minimum atomic E-state index is 0.876. The molecule has 2 fully saturated rings. The van der Waals surface area contributed by atoms with E-state index in [1.807, 2.05) is 0 Å². The van der Waals surface area contributed by atoms with Gasteiger partial charge in [-0.15, -0.1) is 0 Å². The molecule has 2 bridgehead atoms. The molecule has 0 radical (unpaired) electrons. The molecule has 0 heterocycles. The summed E-state index contributed by atoms with van der Waals surface area (Å²) in [7, 11) is 0. The highest BCUT2D eigenvalue weighted by atomic mass is 14.4. The molecule has 3 rings (SSSR count). The maximum absolute atomic E-state index is 4.08.